The fourth-order valence-corrected chi connectivity index (χ4v) is 2.68. The SMILES string of the molecule is Cc1ccc(C(=O)N[C@@H](CC(=O)O)c2ccc(F)cc2)s1. The Hall–Kier alpha value is -2.21. The van der Waals surface area contributed by atoms with E-state index in [0.29, 0.717) is 10.4 Å². The van der Waals surface area contributed by atoms with Crippen LogP contribution in [0.15, 0.2) is 36.4 Å². The second kappa shape index (κ2) is 6.49. The highest BCUT2D eigenvalue weighted by Crippen LogP contribution is 2.20. The highest BCUT2D eigenvalue weighted by Gasteiger charge is 2.19. The summed E-state index contributed by atoms with van der Waals surface area (Å²) < 4.78 is 12.9. The van der Waals surface area contributed by atoms with E-state index in [9.17, 15) is 14.0 Å². The van der Waals surface area contributed by atoms with Crippen molar-refractivity contribution < 1.29 is 19.1 Å². The number of carboxylic acids is 1. The lowest BCUT2D eigenvalue weighted by molar-refractivity contribution is -0.137. The number of carboxylic acid groups (broad SMARTS) is 1. The van der Waals surface area contributed by atoms with Gasteiger partial charge in [-0.25, -0.2) is 4.39 Å². The van der Waals surface area contributed by atoms with Crippen LogP contribution in [-0.4, -0.2) is 17.0 Å². The Morgan fingerprint density at radius 2 is 1.90 bits per heavy atom. The molecule has 0 saturated carbocycles. The lowest BCUT2D eigenvalue weighted by Gasteiger charge is -2.17. The van der Waals surface area contributed by atoms with Crippen LogP contribution in [0.3, 0.4) is 0 Å². The molecule has 0 aliphatic heterocycles. The van der Waals surface area contributed by atoms with Crippen LogP contribution >= 0.6 is 11.3 Å². The first-order valence-corrected chi connectivity index (χ1v) is 7.12. The molecule has 2 N–H and O–H groups in total. The third-order valence-corrected chi connectivity index (χ3v) is 3.92. The number of aliphatic carboxylic acids is 1. The highest BCUT2D eigenvalue weighted by atomic mass is 32.1. The summed E-state index contributed by atoms with van der Waals surface area (Å²) in [4.78, 5) is 24.6. The molecule has 6 heteroatoms. The minimum atomic E-state index is -1.04. The summed E-state index contributed by atoms with van der Waals surface area (Å²) in [6, 6.07) is 8.25. The van der Waals surface area contributed by atoms with E-state index in [1.54, 1.807) is 6.07 Å². The molecule has 2 rings (SSSR count). The minimum absolute atomic E-state index is 0.262. The Bertz CT molecular complexity index is 651. The number of amides is 1. The van der Waals surface area contributed by atoms with Crippen LogP contribution in [0.25, 0.3) is 0 Å². The van der Waals surface area contributed by atoms with Crippen LogP contribution < -0.4 is 5.32 Å². The number of carbonyl (C=O) groups is 2. The van der Waals surface area contributed by atoms with E-state index < -0.39 is 17.8 Å². The van der Waals surface area contributed by atoms with Gasteiger partial charge in [-0.15, -0.1) is 11.3 Å². The number of rotatable bonds is 5. The zero-order chi connectivity index (χ0) is 15.4. The van der Waals surface area contributed by atoms with Crippen molar-refractivity contribution in [1.29, 1.82) is 0 Å². The number of benzene rings is 1. The average Bonchev–Trinajstić information content (AvgIpc) is 2.85. The van der Waals surface area contributed by atoms with Crippen LogP contribution in [-0.2, 0) is 4.79 Å². The standard InChI is InChI=1S/C15H14FNO3S/c1-9-2-7-13(21-9)15(20)17-12(8-14(18)19)10-3-5-11(16)6-4-10/h2-7,12H,8H2,1H3,(H,17,20)(H,18,19)/t12-/m0/s1. The molecule has 0 spiro atoms. The summed E-state index contributed by atoms with van der Waals surface area (Å²) in [5, 5.41) is 11.6. The molecule has 0 saturated heterocycles. The van der Waals surface area contributed by atoms with Gasteiger partial charge in [-0.05, 0) is 36.8 Å². The summed E-state index contributed by atoms with van der Waals surface area (Å²) in [6.45, 7) is 1.89. The number of thiophene rings is 1. The first-order valence-electron chi connectivity index (χ1n) is 6.30. The summed E-state index contributed by atoms with van der Waals surface area (Å²) >= 11 is 1.33. The maximum atomic E-state index is 12.9. The van der Waals surface area contributed by atoms with Gasteiger partial charge in [0.15, 0.2) is 0 Å². The molecule has 110 valence electrons. The third-order valence-electron chi connectivity index (χ3n) is 2.92. The minimum Gasteiger partial charge on any atom is -0.481 e. The normalized spacial score (nSPS) is 11.9. The van der Waals surface area contributed by atoms with Crippen molar-refractivity contribution in [3.63, 3.8) is 0 Å². The molecule has 0 aliphatic carbocycles. The largest absolute Gasteiger partial charge is 0.481 e. The molecule has 1 aromatic heterocycles. The van der Waals surface area contributed by atoms with E-state index in [1.807, 2.05) is 13.0 Å². The molecule has 1 atom stereocenters. The van der Waals surface area contributed by atoms with Crippen molar-refractivity contribution in [2.75, 3.05) is 0 Å². The van der Waals surface area contributed by atoms with Crippen molar-refractivity contribution in [2.45, 2.75) is 19.4 Å². The fourth-order valence-electron chi connectivity index (χ4n) is 1.91. The lowest BCUT2D eigenvalue weighted by Crippen LogP contribution is -2.29. The van der Waals surface area contributed by atoms with Gasteiger partial charge >= 0.3 is 5.97 Å². The second-order valence-electron chi connectivity index (χ2n) is 4.59. The maximum absolute atomic E-state index is 12.9. The molecule has 0 bridgehead atoms. The van der Waals surface area contributed by atoms with Crippen LogP contribution in [0.2, 0.25) is 0 Å². The Morgan fingerprint density at radius 1 is 1.24 bits per heavy atom. The smallest absolute Gasteiger partial charge is 0.305 e. The lowest BCUT2D eigenvalue weighted by atomic mass is 10.0. The van der Waals surface area contributed by atoms with E-state index in [1.165, 1.54) is 35.6 Å². The molecular weight excluding hydrogens is 293 g/mol. The average molecular weight is 307 g/mol. The molecule has 4 nitrogen and oxygen atoms in total. The van der Waals surface area contributed by atoms with E-state index >= 15 is 0 Å². The second-order valence-corrected chi connectivity index (χ2v) is 5.87. The Labute approximate surface area is 125 Å². The predicted molar refractivity (Wildman–Crippen MR) is 77.9 cm³/mol. The summed E-state index contributed by atoms with van der Waals surface area (Å²) in [6.07, 6.45) is -0.262. The molecule has 0 unspecified atom stereocenters. The van der Waals surface area contributed by atoms with Crippen molar-refractivity contribution >= 4 is 23.2 Å². The van der Waals surface area contributed by atoms with Gasteiger partial charge in [0.1, 0.15) is 5.82 Å². The zero-order valence-corrected chi connectivity index (χ0v) is 12.1. The number of carbonyl (C=O) groups excluding carboxylic acids is 1. The first kappa shape index (κ1) is 15.2. The van der Waals surface area contributed by atoms with Gasteiger partial charge in [-0.2, -0.15) is 0 Å². The van der Waals surface area contributed by atoms with Crippen molar-refractivity contribution in [2.24, 2.45) is 0 Å². The van der Waals surface area contributed by atoms with Crippen molar-refractivity contribution in [1.82, 2.24) is 5.32 Å². The number of nitrogens with one attached hydrogen (secondary N) is 1. The first-order chi connectivity index (χ1) is 9.95. The van der Waals surface area contributed by atoms with Gasteiger partial charge in [0.2, 0.25) is 0 Å². The van der Waals surface area contributed by atoms with Gasteiger partial charge < -0.3 is 10.4 Å². The van der Waals surface area contributed by atoms with Crippen molar-refractivity contribution in [3.05, 3.63) is 57.5 Å². The van der Waals surface area contributed by atoms with Crippen LogP contribution in [0.1, 0.15) is 32.6 Å². The molecule has 1 heterocycles. The van der Waals surface area contributed by atoms with E-state index in [4.69, 9.17) is 5.11 Å². The molecule has 2 aromatic rings. The molecular formula is C15H14FNO3S. The Morgan fingerprint density at radius 3 is 2.43 bits per heavy atom. The van der Waals surface area contributed by atoms with Crippen LogP contribution in [0.5, 0.6) is 0 Å². The van der Waals surface area contributed by atoms with Gasteiger partial charge in [0, 0.05) is 4.88 Å². The Balaban J connectivity index is 2.18. The highest BCUT2D eigenvalue weighted by molar-refractivity contribution is 7.13. The molecule has 0 aliphatic rings. The van der Waals surface area contributed by atoms with Crippen LogP contribution in [0, 0.1) is 12.7 Å². The molecule has 1 aromatic carbocycles. The molecule has 0 radical (unpaired) electrons. The molecule has 1 amide bonds. The predicted octanol–water partition coefficient (Wildman–Crippen LogP) is 3.14. The van der Waals surface area contributed by atoms with Crippen LogP contribution in [0.4, 0.5) is 4.39 Å². The quantitative estimate of drug-likeness (QED) is 0.892. The number of hydrogen-bond donors (Lipinski definition) is 2. The van der Waals surface area contributed by atoms with Gasteiger partial charge in [-0.3, -0.25) is 9.59 Å². The van der Waals surface area contributed by atoms with E-state index in [2.05, 4.69) is 5.32 Å². The number of halogens is 1. The fraction of sp³-hybridized carbons (Fsp3) is 0.200. The van der Waals surface area contributed by atoms with Gasteiger partial charge in [0.25, 0.3) is 5.91 Å². The summed E-state index contributed by atoms with van der Waals surface area (Å²) in [5.74, 6) is -1.77. The third kappa shape index (κ3) is 4.13. The monoisotopic (exact) mass is 307 g/mol. The summed E-state index contributed by atoms with van der Waals surface area (Å²) in [7, 11) is 0. The van der Waals surface area contributed by atoms with Gasteiger partial charge in [0.05, 0.1) is 17.3 Å². The van der Waals surface area contributed by atoms with E-state index in [-0.39, 0.29) is 12.3 Å². The Kier molecular flexibility index (Phi) is 4.70. The zero-order valence-electron chi connectivity index (χ0n) is 11.3. The molecule has 0 fully saturated rings. The summed E-state index contributed by atoms with van der Waals surface area (Å²) in [5.41, 5.74) is 0.556. The number of hydrogen-bond acceptors (Lipinski definition) is 3. The van der Waals surface area contributed by atoms with Gasteiger partial charge in [-0.1, -0.05) is 12.1 Å². The van der Waals surface area contributed by atoms with Crippen molar-refractivity contribution in [3.8, 4) is 0 Å². The topological polar surface area (TPSA) is 66.4 Å². The van der Waals surface area contributed by atoms with E-state index in [0.717, 1.165) is 4.88 Å². The molecule has 21 heavy (non-hydrogen) atoms. The number of aryl methyl sites for hydroxylation is 1. The maximum Gasteiger partial charge on any atom is 0.305 e.